The molecule has 1 fully saturated rings. The van der Waals surface area contributed by atoms with Crippen LogP contribution in [0.2, 0.25) is 0 Å². The van der Waals surface area contributed by atoms with E-state index in [0.717, 1.165) is 52.9 Å². The van der Waals surface area contributed by atoms with Crippen molar-refractivity contribution >= 4 is 17.9 Å². The quantitative estimate of drug-likeness (QED) is 0.434. The second kappa shape index (κ2) is 8.40. The van der Waals surface area contributed by atoms with Gasteiger partial charge < -0.3 is 0 Å². The minimum Gasteiger partial charge on any atom is -0.289 e. The third-order valence-corrected chi connectivity index (χ3v) is 5.40. The Kier molecular flexibility index (Phi) is 5.15. The highest BCUT2D eigenvalue weighted by Gasteiger charge is 2.21. The Labute approximate surface area is 181 Å². The highest BCUT2D eigenvalue weighted by molar-refractivity contribution is 6.13. The van der Waals surface area contributed by atoms with E-state index in [2.05, 4.69) is 10.2 Å². The number of hydrogen-bond acceptors (Lipinski definition) is 3. The summed E-state index contributed by atoms with van der Waals surface area (Å²) >= 11 is 0. The van der Waals surface area contributed by atoms with E-state index in [9.17, 15) is 4.79 Å². The number of benzene rings is 2. The zero-order valence-electron chi connectivity index (χ0n) is 17.1. The van der Waals surface area contributed by atoms with Crippen molar-refractivity contribution in [2.24, 2.45) is 0 Å². The number of ketones is 1. The summed E-state index contributed by atoms with van der Waals surface area (Å²) in [6.45, 7) is 0. The molecule has 2 aromatic heterocycles. The van der Waals surface area contributed by atoms with Gasteiger partial charge in [-0.25, -0.2) is 9.36 Å². The molecule has 0 amide bonds. The van der Waals surface area contributed by atoms with Crippen LogP contribution in [0.4, 0.5) is 0 Å². The molecule has 1 aliphatic rings. The Bertz CT molecular complexity index is 1170. The monoisotopic (exact) mass is 406 g/mol. The number of allylic oxidation sites excluding steroid dienone is 2. The summed E-state index contributed by atoms with van der Waals surface area (Å²) in [7, 11) is 0. The van der Waals surface area contributed by atoms with Gasteiger partial charge in [0.1, 0.15) is 0 Å². The first-order chi connectivity index (χ1) is 15.3. The largest absolute Gasteiger partial charge is 0.289 e. The summed E-state index contributed by atoms with van der Waals surface area (Å²) in [5.74, 6) is 0.117. The molecule has 0 unspecified atom stereocenters. The van der Waals surface area contributed by atoms with Crippen LogP contribution in [-0.4, -0.2) is 25.3 Å². The van der Waals surface area contributed by atoms with Gasteiger partial charge in [0.05, 0.1) is 23.8 Å². The van der Waals surface area contributed by atoms with Crippen LogP contribution >= 0.6 is 0 Å². The van der Waals surface area contributed by atoms with Crippen LogP contribution in [0.15, 0.2) is 96.6 Å². The molecule has 0 N–H and O–H groups in total. The molecular formula is C26H22N4O. The van der Waals surface area contributed by atoms with Crippen molar-refractivity contribution in [2.45, 2.75) is 19.3 Å². The Morgan fingerprint density at radius 2 is 1.13 bits per heavy atom. The van der Waals surface area contributed by atoms with E-state index in [0.29, 0.717) is 0 Å². The maximum absolute atomic E-state index is 13.1. The second-order valence-electron chi connectivity index (χ2n) is 7.63. The first-order valence-corrected chi connectivity index (χ1v) is 10.4. The fourth-order valence-corrected chi connectivity index (χ4v) is 3.85. The van der Waals surface area contributed by atoms with Crippen molar-refractivity contribution < 1.29 is 4.79 Å². The van der Waals surface area contributed by atoms with E-state index in [1.807, 2.05) is 94.6 Å². The average molecular weight is 406 g/mol. The van der Waals surface area contributed by atoms with Crippen molar-refractivity contribution in [3.63, 3.8) is 0 Å². The summed E-state index contributed by atoms with van der Waals surface area (Å²) in [6, 6.07) is 19.9. The number of nitrogens with zero attached hydrogens (tertiary/aromatic N) is 4. The molecule has 0 spiro atoms. The van der Waals surface area contributed by atoms with E-state index in [1.165, 1.54) is 0 Å². The molecule has 31 heavy (non-hydrogen) atoms. The summed E-state index contributed by atoms with van der Waals surface area (Å²) in [6.07, 6.45) is 14.0. The molecule has 2 heterocycles. The first-order valence-electron chi connectivity index (χ1n) is 10.4. The number of aromatic nitrogens is 4. The fraction of sp³-hybridized carbons (Fsp3) is 0.115. The van der Waals surface area contributed by atoms with Crippen LogP contribution in [-0.2, 0) is 4.79 Å². The standard InChI is InChI=1S/C26H22N4O/c31-26-22(14-20-16-27-29(18-20)24-10-3-1-4-11-24)8-7-9-23(26)15-21-17-28-30(19-21)25-12-5-2-6-13-25/h1-6,10-19H,7-9H2/b22-14+,23-15+. The molecule has 5 nitrogen and oxygen atoms in total. The molecule has 0 bridgehead atoms. The lowest BCUT2D eigenvalue weighted by Crippen LogP contribution is -2.12. The topological polar surface area (TPSA) is 52.7 Å². The van der Waals surface area contributed by atoms with Crippen LogP contribution in [0, 0.1) is 0 Å². The molecule has 5 heteroatoms. The molecule has 0 aliphatic heterocycles. The summed E-state index contributed by atoms with van der Waals surface area (Å²) in [5, 5.41) is 8.86. The molecule has 152 valence electrons. The SMILES string of the molecule is O=C1/C(=C/c2cnn(-c3ccccc3)c2)CCC/C1=C\c1cnn(-c2ccccc2)c1. The highest BCUT2D eigenvalue weighted by Crippen LogP contribution is 2.28. The van der Waals surface area contributed by atoms with Crippen molar-refractivity contribution in [3.8, 4) is 11.4 Å². The highest BCUT2D eigenvalue weighted by atomic mass is 16.1. The third-order valence-electron chi connectivity index (χ3n) is 5.40. The van der Waals surface area contributed by atoms with E-state index >= 15 is 0 Å². The minimum atomic E-state index is 0.117. The lowest BCUT2D eigenvalue weighted by Gasteiger charge is -2.16. The fourth-order valence-electron chi connectivity index (χ4n) is 3.85. The summed E-state index contributed by atoms with van der Waals surface area (Å²) < 4.78 is 3.66. The lowest BCUT2D eigenvalue weighted by atomic mass is 9.87. The Morgan fingerprint density at radius 1 is 0.677 bits per heavy atom. The zero-order valence-corrected chi connectivity index (χ0v) is 17.1. The number of carbonyl (C=O) groups excluding carboxylic acids is 1. The van der Waals surface area contributed by atoms with Crippen LogP contribution in [0.5, 0.6) is 0 Å². The number of para-hydroxylation sites is 2. The number of hydrogen-bond donors (Lipinski definition) is 0. The van der Waals surface area contributed by atoms with Gasteiger partial charge >= 0.3 is 0 Å². The minimum absolute atomic E-state index is 0.117. The Hall–Kier alpha value is -3.99. The van der Waals surface area contributed by atoms with Crippen LogP contribution < -0.4 is 0 Å². The summed E-state index contributed by atoms with van der Waals surface area (Å²) in [4.78, 5) is 13.1. The van der Waals surface area contributed by atoms with Gasteiger partial charge in [-0.05, 0) is 55.7 Å². The van der Waals surface area contributed by atoms with Crippen molar-refractivity contribution in [2.75, 3.05) is 0 Å². The molecular weight excluding hydrogens is 384 g/mol. The Morgan fingerprint density at radius 3 is 1.58 bits per heavy atom. The number of rotatable bonds is 4. The van der Waals surface area contributed by atoms with Gasteiger partial charge in [-0.3, -0.25) is 4.79 Å². The van der Waals surface area contributed by atoms with Crippen molar-refractivity contribution in [1.82, 2.24) is 19.6 Å². The van der Waals surface area contributed by atoms with Gasteiger partial charge in [-0.15, -0.1) is 0 Å². The first kappa shape index (κ1) is 19.0. The number of carbonyl (C=O) groups is 1. The van der Waals surface area contributed by atoms with E-state index < -0.39 is 0 Å². The smallest absolute Gasteiger partial charge is 0.185 e. The molecule has 0 atom stereocenters. The molecule has 4 aromatic rings. The van der Waals surface area contributed by atoms with Gasteiger partial charge in [-0.1, -0.05) is 36.4 Å². The molecule has 0 radical (unpaired) electrons. The van der Waals surface area contributed by atoms with E-state index in [1.54, 1.807) is 12.4 Å². The van der Waals surface area contributed by atoms with E-state index in [-0.39, 0.29) is 5.78 Å². The van der Waals surface area contributed by atoms with Gasteiger partial charge in [0.25, 0.3) is 0 Å². The van der Waals surface area contributed by atoms with Crippen molar-refractivity contribution in [3.05, 3.63) is 108 Å². The summed E-state index contributed by atoms with van der Waals surface area (Å²) in [5.41, 5.74) is 5.54. The maximum Gasteiger partial charge on any atom is 0.185 e. The average Bonchev–Trinajstić information content (AvgIpc) is 3.48. The molecule has 1 saturated carbocycles. The molecule has 0 saturated heterocycles. The van der Waals surface area contributed by atoms with Gasteiger partial charge in [0.15, 0.2) is 5.78 Å². The molecule has 2 aromatic carbocycles. The van der Waals surface area contributed by atoms with Crippen molar-refractivity contribution in [1.29, 1.82) is 0 Å². The predicted molar refractivity (Wildman–Crippen MR) is 122 cm³/mol. The maximum atomic E-state index is 13.1. The van der Waals surface area contributed by atoms with E-state index in [4.69, 9.17) is 0 Å². The van der Waals surface area contributed by atoms with Crippen LogP contribution in [0.3, 0.4) is 0 Å². The van der Waals surface area contributed by atoms with Crippen LogP contribution in [0.25, 0.3) is 23.5 Å². The Balaban J connectivity index is 1.37. The lowest BCUT2D eigenvalue weighted by molar-refractivity contribution is -0.112. The normalized spacial score (nSPS) is 16.8. The molecule has 5 rings (SSSR count). The van der Waals surface area contributed by atoms with Gasteiger partial charge in [0.2, 0.25) is 0 Å². The third kappa shape index (κ3) is 4.16. The van der Waals surface area contributed by atoms with Gasteiger partial charge in [0, 0.05) is 34.7 Å². The second-order valence-corrected chi connectivity index (χ2v) is 7.63. The van der Waals surface area contributed by atoms with Gasteiger partial charge in [-0.2, -0.15) is 10.2 Å². The zero-order chi connectivity index (χ0) is 21.0. The molecule has 1 aliphatic carbocycles. The van der Waals surface area contributed by atoms with Crippen LogP contribution in [0.1, 0.15) is 30.4 Å². The predicted octanol–water partition coefficient (Wildman–Crippen LogP) is 5.28. The number of Topliss-reactive ketones (excluding diaryl/α,β-unsaturated/α-hetero) is 1.